The molecule has 6 rings (SSSR count). The molecule has 1 aliphatic carbocycles. The molecule has 1 aliphatic heterocycles. The average Bonchev–Trinajstić information content (AvgIpc) is 3.34. The Kier molecular flexibility index (Phi) is 6.07. The predicted octanol–water partition coefficient (Wildman–Crippen LogP) is 6.13. The Morgan fingerprint density at radius 1 is 0.706 bits per heavy atom. The first-order valence-corrected chi connectivity index (χ1v) is 12.9. The van der Waals surface area contributed by atoms with E-state index in [4.69, 9.17) is 4.98 Å². The summed E-state index contributed by atoms with van der Waals surface area (Å²) in [6.45, 7) is 4.57. The Bertz CT molecular complexity index is 1160. The van der Waals surface area contributed by atoms with Crippen LogP contribution in [0.1, 0.15) is 49.3 Å². The van der Waals surface area contributed by atoms with E-state index in [-0.39, 0.29) is 6.04 Å². The molecular weight excluding hydrogens is 416 g/mol. The maximum Gasteiger partial charge on any atom is 0.0966 e. The van der Waals surface area contributed by atoms with Crippen LogP contribution in [0.15, 0.2) is 85.2 Å². The zero-order valence-corrected chi connectivity index (χ0v) is 19.9. The van der Waals surface area contributed by atoms with Crippen molar-refractivity contribution in [1.82, 2.24) is 14.5 Å². The molecule has 2 aliphatic rings. The molecule has 0 unspecified atom stereocenters. The number of aromatic nitrogens is 2. The summed E-state index contributed by atoms with van der Waals surface area (Å²) in [5.74, 6) is 0. The van der Waals surface area contributed by atoms with Crippen LogP contribution < -0.4 is 4.90 Å². The molecule has 0 N–H and O–H groups in total. The molecule has 1 aromatic heterocycles. The number of imidazole rings is 1. The van der Waals surface area contributed by atoms with E-state index in [1.807, 2.05) is 6.33 Å². The molecule has 174 valence electrons. The Labute approximate surface area is 202 Å². The van der Waals surface area contributed by atoms with Gasteiger partial charge in [-0.2, -0.15) is 0 Å². The first kappa shape index (κ1) is 21.4. The van der Waals surface area contributed by atoms with Crippen LogP contribution in [0.5, 0.6) is 0 Å². The molecule has 4 nitrogen and oxygen atoms in total. The highest BCUT2D eigenvalue weighted by molar-refractivity contribution is 5.80. The molecule has 4 heteroatoms. The largest absolute Gasteiger partial charge is 0.369 e. The normalized spacial score (nSPS) is 18.1. The molecule has 0 amide bonds. The molecule has 4 aromatic rings. The molecule has 0 radical (unpaired) electrons. The van der Waals surface area contributed by atoms with Gasteiger partial charge < -0.3 is 9.47 Å². The Balaban J connectivity index is 1.30. The van der Waals surface area contributed by atoms with E-state index in [1.165, 1.54) is 67.5 Å². The van der Waals surface area contributed by atoms with E-state index < -0.39 is 0 Å². The van der Waals surface area contributed by atoms with Crippen molar-refractivity contribution in [2.75, 3.05) is 31.1 Å². The molecule has 2 fully saturated rings. The standard InChI is InChI=1S/C30H34N4/c1-4-10-24(11-5-1)30(25-12-6-2-7-13-25)34-23-31-28-17-16-27(22-29(28)34)33-20-18-32(19-21-33)26-14-8-3-9-15-26/h1-2,4-7,10-13,16-17,22-23,26,30H,3,8-9,14-15,18-21H2. The summed E-state index contributed by atoms with van der Waals surface area (Å²) in [4.78, 5) is 10.1. The monoisotopic (exact) mass is 450 g/mol. The van der Waals surface area contributed by atoms with Crippen molar-refractivity contribution in [2.24, 2.45) is 0 Å². The number of anilines is 1. The van der Waals surface area contributed by atoms with Gasteiger partial charge in [-0.3, -0.25) is 4.90 Å². The topological polar surface area (TPSA) is 24.3 Å². The fourth-order valence-electron chi connectivity index (χ4n) is 5.99. The summed E-state index contributed by atoms with van der Waals surface area (Å²) in [5.41, 5.74) is 6.13. The molecule has 2 heterocycles. The van der Waals surface area contributed by atoms with Crippen LogP contribution in [0.3, 0.4) is 0 Å². The van der Waals surface area contributed by atoms with Gasteiger partial charge in [0.1, 0.15) is 0 Å². The van der Waals surface area contributed by atoms with Crippen molar-refractivity contribution >= 4 is 16.7 Å². The van der Waals surface area contributed by atoms with E-state index in [0.29, 0.717) is 0 Å². The lowest BCUT2D eigenvalue weighted by Crippen LogP contribution is -2.50. The highest BCUT2D eigenvalue weighted by Crippen LogP contribution is 2.32. The van der Waals surface area contributed by atoms with E-state index in [9.17, 15) is 0 Å². The number of piperazine rings is 1. The summed E-state index contributed by atoms with van der Waals surface area (Å²) < 4.78 is 2.35. The number of rotatable bonds is 5. The van der Waals surface area contributed by atoms with Crippen molar-refractivity contribution in [1.29, 1.82) is 0 Å². The van der Waals surface area contributed by atoms with Crippen molar-refractivity contribution in [2.45, 2.75) is 44.2 Å². The molecule has 0 spiro atoms. The van der Waals surface area contributed by atoms with Crippen molar-refractivity contribution in [3.8, 4) is 0 Å². The highest BCUT2D eigenvalue weighted by Gasteiger charge is 2.26. The fourth-order valence-corrected chi connectivity index (χ4v) is 5.99. The number of nitrogens with zero attached hydrogens (tertiary/aromatic N) is 4. The van der Waals surface area contributed by atoms with Gasteiger partial charge in [0, 0.05) is 37.9 Å². The van der Waals surface area contributed by atoms with E-state index in [2.05, 4.69) is 93.2 Å². The Morgan fingerprint density at radius 3 is 2.00 bits per heavy atom. The smallest absolute Gasteiger partial charge is 0.0966 e. The second-order valence-electron chi connectivity index (χ2n) is 9.86. The molecular formula is C30H34N4. The molecule has 1 saturated carbocycles. The van der Waals surface area contributed by atoms with Gasteiger partial charge in [-0.25, -0.2) is 4.98 Å². The first-order chi connectivity index (χ1) is 16.9. The maximum atomic E-state index is 4.79. The van der Waals surface area contributed by atoms with Gasteiger partial charge in [0.15, 0.2) is 0 Å². The zero-order chi connectivity index (χ0) is 22.7. The summed E-state index contributed by atoms with van der Waals surface area (Å²) >= 11 is 0. The van der Waals surface area contributed by atoms with Gasteiger partial charge >= 0.3 is 0 Å². The lowest BCUT2D eigenvalue weighted by molar-refractivity contribution is 0.148. The van der Waals surface area contributed by atoms with Gasteiger partial charge in [-0.1, -0.05) is 79.9 Å². The van der Waals surface area contributed by atoms with Gasteiger partial charge in [0.25, 0.3) is 0 Å². The van der Waals surface area contributed by atoms with Gasteiger partial charge in [-0.15, -0.1) is 0 Å². The number of hydrogen-bond donors (Lipinski definition) is 0. The van der Waals surface area contributed by atoms with Crippen LogP contribution in [0.25, 0.3) is 11.0 Å². The fraction of sp³-hybridized carbons (Fsp3) is 0.367. The third-order valence-corrected chi connectivity index (χ3v) is 7.84. The highest BCUT2D eigenvalue weighted by atomic mass is 15.3. The van der Waals surface area contributed by atoms with Gasteiger partial charge in [0.2, 0.25) is 0 Å². The number of fused-ring (bicyclic) bond motifs is 1. The summed E-state index contributed by atoms with van der Waals surface area (Å²) in [5, 5.41) is 0. The minimum absolute atomic E-state index is 0.103. The Morgan fingerprint density at radius 2 is 1.35 bits per heavy atom. The Hall–Kier alpha value is -3.11. The summed E-state index contributed by atoms with van der Waals surface area (Å²) in [7, 11) is 0. The predicted molar refractivity (Wildman–Crippen MR) is 141 cm³/mol. The lowest BCUT2D eigenvalue weighted by atomic mass is 9.94. The van der Waals surface area contributed by atoms with Crippen LogP contribution in [0.4, 0.5) is 5.69 Å². The lowest BCUT2D eigenvalue weighted by Gasteiger charge is -2.41. The molecule has 0 atom stereocenters. The van der Waals surface area contributed by atoms with Gasteiger partial charge in [-0.05, 0) is 42.2 Å². The summed E-state index contributed by atoms with van der Waals surface area (Å²) in [6.07, 6.45) is 9.05. The van der Waals surface area contributed by atoms with E-state index in [1.54, 1.807) is 0 Å². The third-order valence-electron chi connectivity index (χ3n) is 7.84. The zero-order valence-electron chi connectivity index (χ0n) is 19.9. The van der Waals surface area contributed by atoms with E-state index in [0.717, 1.165) is 24.6 Å². The molecule has 3 aromatic carbocycles. The first-order valence-electron chi connectivity index (χ1n) is 12.9. The second kappa shape index (κ2) is 9.63. The minimum Gasteiger partial charge on any atom is -0.369 e. The van der Waals surface area contributed by atoms with Crippen LogP contribution >= 0.6 is 0 Å². The van der Waals surface area contributed by atoms with Crippen LogP contribution in [-0.4, -0.2) is 46.7 Å². The molecule has 34 heavy (non-hydrogen) atoms. The van der Waals surface area contributed by atoms with Crippen molar-refractivity contribution in [3.63, 3.8) is 0 Å². The number of benzene rings is 3. The third kappa shape index (κ3) is 4.23. The van der Waals surface area contributed by atoms with Crippen LogP contribution in [0.2, 0.25) is 0 Å². The van der Waals surface area contributed by atoms with Crippen molar-refractivity contribution < 1.29 is 0 Å². The second-order valence-corrected chi connectivity index (χ2v) is 9.86. The molecule has 1 saturated heterocycles. The number of hydrogen-bond acceptors (Lipinski definition) is 3. The average molecular weight is 451 g/mol. The van der Waals surface area contributed by atoms with Crippen LogP contribution in [-0.2, 0) is 0 Å². The van der Waals surface area contributed by atoms with Crippen LogP contribution in [0, 0.1) is 0 Å². The summed E-state index contributed by atoms with van der Waals surface area (Å²) in [6, 6.07) is 29.3. The maximum absolute atomic E-state index is 4.79. The minimum atomic E-state index is 0.103. The quantitative estimate of drug-likeness (QED) is 0.366. The van der Waals surface area contributed by atoms with E-state index >= 15 is 0 Å². The van der Waals surface area contributed by atoms with Crippen molar-refractivity contribution in [3.05, 3.63) is 96.3 Å². The van der Waals surface area contributed by atoms with Gasteiger partial charge in [0.05, 0.1) is 23.4 Å². The molecule has 0 bridgehead atoms. The SMILES string of the molecule is c1ccc(C(c2ccccc2)n2cnc3ccc(N4CCN(C5CCCCC5)CC4)cc32)cc1.